The van der Waals surface area contributed by atoms with Crippen LogP contribution in [0.25, 0.3) is 0 Å². The summed E-state index contributed by atoms with van der Waals surface area (Å²) in [5, 5.41) is 0. The number of nitrogens with zero attached hydrogens (tertiary/aromatic N) is 1. The molecule has 0 unspecified atom stereocenters. The van der Waals surface area contributed by atoms with Crippen molar-refractivity contribution in [2.24, 2.45) is 0 Å². The van der Waals surface area contributed by atoms with Crippen molar-refractivity contribution in [3.63, 3.8) is 0 Å². The number of methoxy groups -OCH3 is 1. The molecule has 1 aliphatic heterocycles. The monoisotopic (exact) mass is 445 g/mol. The summed E-state index contributed by atoms with van der Waals surface area (Å²) in [6.07, 6.45) is 12.2. The first-order valence-electron chi connectivity index (χ1n) is 11.7. The molecule has 0 saturated heterocycles. The molecule has 1 heterocycles. The van der Waals surface area contributed by atoms with Crippen molar-refractivity contribution < 1.29 is 19.1 Å². The summed E-state index contributed by atoms with van der Waals surface area (Å²) in [5.74, 6) is 3.53. The first kappa shape index (κ1) is 22.9. The zero-order valence-electron chi connectivity index (χ0n) is 19.5. The lowest BCUT2D eigenvalue weighted by molar-refractivity contribution is -0.117. The van der Waals surface area contributed by atoms with Crippen molar-refractivity contribution in [2.45, 2.75) is 57.8 Å². The number of hydrogen-bond donors (Lipinski definition) is 0. The van der Waals surface area contributed by atoms with Crippen LogP contribution in [0.4, 0.5) is 0 Å². The Hall–Kier alpha value is -3.26. The van der Waals surface area contributed by atoms with Gasteiger partial charge < -0.3 is 14.4 Å². The number of benzene rings is 1. The van der Waals surface area contributed by atoms with Crippen LogP contribution in [0, 0.1) is 12.3 Å². The van der Waals surface area contributed by atoms with Crippen LogP contribution in [0.5, 0.6) is 11.5 Å². The molecular formula is C28H31NO4. The summed E-state index contributed by atoms with van der Waals surface area (Å²) in [6, 6.07) is 3.94. The maximum Gasteiger partial charge on any atom is 0.166 e. The molecule has 0 radical (unpaired) electrons. The van der Waals surface area contributed by atoms with E-state index in [9.17, 15) is 9.59 Å². The van der Waals surface area contributed by atoms with Crippen LogP contribution in [0.1, 0.15) is 62.5 Å². The second-order valence-corrected chi connectivity index (χ2v) is 8.65. The topological polar surface area (TPSA) is 55.8 Å². The van der Waals surface area contributed by atoms with Crippen molar-refractivity contribution in [1.29, 1.82) is 0 Å². The predicted octanol–water partition coefficient (Wildman–Crippen LogP) is 4.87. The number of ketones is 2. The molecule has 0 N–H and O–H groups in total. The van der Waals surface area contributed by atoms with E-state index in [2.05, 4.69) is 24.3 Å². The van der Waals surface area contributed by atoms with Crippen molar-refractivity contribution in [3.05, 3.63) is 58.5 Å². The zero-order chi connectivity index (χ0) is 23.5. The summed E-state index contributed by atoms with van der Waals surface area (Å²) in [7, 11) is 1.59. The second-order valence-electron chi connectivity index (χ2n) is 8.65. The van der Waals surface area contributed by atoms with E-state index in [0.717, 1.165) is 65.9 Å². The molecule has 1 aromatic rings. The highest BCUT2D eigenvalue weighted by atomic mass is 16.5. The number of allylic oxidation sites excluding steroid dienone is 5. The minimum absolute atomic E-state index is 0.121. The average Bonchev–Trinajstić information content (AvgIpc) is 2.82. The van der Waals surface area contributed by atoms with Crippen molar-refractivity contribution in [1.82, 2.24) is 4.90 Å². The first-order chi connectivity index (χ1) is 16.0. The first-order valence-corrected chi connectivity index (χ1v) is 11.7. The Bertz CT molecular complexity index is 1060. The van der Waals surface area contributed by atoms with Crippen LogP contribution in [-0.2, 0) is 16.0 Å². The lowest BCUT2D eigenvalue weighted by Gasteiger charge is -2.43. The van der Waals surface area contributed by atoms with Crippen LogP contribution in [-0.4, -0.2) is 36.7 Å². The molecular weight excluding hydrogens is 414 g/mol. The molecule has 3 aliphatic rings. The number of terminal acetylenes is 1. The van der Waals surface area contributed by atoms with Crippen molar-refractivity contribution in [2.75, 3.05) is 20.3 Å². The molecule has 5 nitrogen and oxygen atoms in total. The molecule has 1 aromatic carbocycles. The number of hydrogen-bond acceptors (Lipinski definition) is 5. The lowest BCUT2D eigenvalue weighted by atomic mass is 9.70. The number of Topliss-reactive ketones (excluding diaryl/α,β-unsaturated/α-hetero) is 2. The number of carbonyl (C=O) groups is 2. The summed E-state index contributed by atoms with van der Waals surface area (Å²) in [4.78, 5) is 28.9. The molecule has 0 aromatic heterocycles. The minimum Gasteiger partial charge on any atom is -0.493 e. The third-order valence-corrected chi connectivity index (χ3v) is 6.77. The molecule has 0 fully saturated rings. The van der Waals surface area contributed by atoms with Crippen LogP contribution in [0.2, 0.25) is 0 Å². The third kappa shape index (κ3) is 3.99. The Balaban J connectivity index is 1.96. The largest absolute Gasteiger partial charge is 0.493 e. The Morgan fingerprint density at radius 1 is 1.12 bits per heavy atom. The molecule has 4 rings (SSSR count). The lowest BCUT2D eigenvalue weighted by Crippen LogP contribution is -2.39. The smallest absolute Gasteiger partial charge is 0.166 e. The van der Waals surface area contributed by atoms with Gasteiger partial charge in [0.1, 0.15) is 6.61 Å². The van der Waals surface area contributed by atoms with E-state index in [0.29, 0.717) is 30.8 Å². The quantitative estimate of drug-likeness (QED) is 0.443. The van der Waals surface area contributed by atoms with Gasteiger partial charge in [0.05, 0.1) is 7.11 Å². The Morgan fingerprint density at radius 3 is 2.27 bits per heavy atom. The summed E-state index contributed by atoms with van der Waals surface area (Å²) in [6.45, 7) is 6.86. The average molecular weight is 446 g/mol. The van der Waals surface area contributed by atoms with Crippen molar-refractivity contribution >= 4 is 11.6 Å². The fourth-order valence-corrected chi connectivity index (χ4v) is 5.52. The SMILES string of the molecule is C#CCOc1c(CC=C)cc(C2C3=C(CCCC3=O)N(CC)C3=C2C(=O)CCC3)cc1OC. The molecule has 33 heavy (non-hydrogen) atoms. The van der Waals surface area contributed by atoms with E-state index < -0.39 is 0 Å². The van der Waals surface area contributed by atoms with Crippen LogP contribution < -0.4 is 9.47 Å². The summed E-state index contributed by atoms with van der Waals surface area (Å²) >= 11 is 0. The van der Waals surface area contributed by atoms with Gasteiger partial charge in [0, 0.05) is 53.4 Å². The predicted molar refractivity (Wildman–Crippen MR) is 128 cm³/mol. The summed E-state index contributed by atoms with van der Waals surface area (Å²) in [5.41, 5.74) is 5.50. The van der Waals surface area contributed by atoms with Gasteiger partial charge in [-0.2, -0.15) is 0 Å². The van der Waals surface area contributed by atoms with Gasteiger partial charge in [0.25, 0.3) is 0 Å². The minimum atomic E-state index is -0.377. The van der Waals surface area contributed by atoms with Gasteiger partial charge in [-0.3, -0.25) is 9.59 Å². The highest BCUT2D eigenvalue weighted by Gasteiger charge is 2.43. The second kappa shape index (κ2) is 9.70. The molecule has 0 saturated carbocycles. The Kier molecular flexibility index (Phi) is 6.74. The standard InChI is InChI=1S/C28H31NO4/c1-5-10-18-16-19(17-24(32-4)28(18)33-15-6-2)25-26-20(11-8-13-22(26)30)29(7-3)21-12-9-14-23(31)27(21)25/h2,5,16-17,25H,1,7-15H2,3-4H3. The molecule has 0 bridgehead atoms. The van der Waals surface area contributed by atoms with Gasteiger partial charge >= 0.3 is 0 Å². The van der Waals surface area contributed by atoms with Gasteiger partial charge in [0.2, 0.25) is 0 Å². The van der Waals surface area contributed by atoms with Crippen LogP contribution >= 0.6 is 0 Å². The fourth-order valence-electron chi connectivity index (χ4n) is 5.52. The van der Waals surface area contributed by atoms with Crippen LogP contribution in [0.3, 0.4) is 0 Å². The number of carbonyl (C=O) groups excluding carboxylic acids is 2. The van der Waals surface area contributed by atoms with E-state index >= 15 is 0 Å². The maximum absolute atomic E-state index is 13.3. The fraction of sp³-hybridized carbons (Fsp3) is 0.429. The van der Waals surface area contributed by atoms with Gasteiger partial charge in [-0.05, 0) is 50.7 Å². The van der Waals surface area contributed by atoms with Gasteiger partial charge in [-0.15, -0.1) is 13.0 Å². The van der Waals surface area contributed by atoms with Gasteiger partial charge in [0.15, 0.2) is 23.1 Å². The van der Waals surface area contributed by atoms with Crippen molar-refractivity contribution in [3.8, 4) is 23.8 Å². The Labute approximate surface area is 196 Å². The normalized spacial score (nSPS) is 18.6. The molecule has 0 spiro atoms. The zero-order valence-corrected chi connectivity index (χ0v) is 19.5. The number of rotatable bonds is 7. The van der Waals surface area contributed by atoms with Crippen LogP contribution in [0.15, 0.2) is 47.3 Å². The van der Waals surface area contributed by atoms with E-state index in [-0.39, 0.29) is 24.1 Å². The highest BCUT2D eigenvalue weighted by Crippen LogP contribution is 2.50. The van der Waals surface area contributed by atoms with Gasteiger partial charge in [-0.1, -0.05) is 18.1 Å². The summed E-state index contributed by atoms with van der Waals surface area (Å²) < 4.78 is 11.5. The van der Waals surface area contributed by atoms with E-state index in [1.165, 1.54) is 0 Å². The molecule has 0 amide bonds. The highest BCUT2D eigenvalue weighted by molar-refractivity contribution is 6.06. The number of ether oxygens (including phenoxy) is 2. The molecule has 2 aliphatic carbocycles. The van der Waals surface area contributed by atoms with Gasteiger partial charge in [-0.25, -0.2) is 0 Å². The van der Waals surface area contributed by atoms with E-state index in [1.54, 1.807) is 13.2 Å². The third-order valence-electron chi connectivity index (χ3n) is 6.77. The molecule has 172 valence electrons. The maximum atomic E-state index is 13.3. The molecule has 5 heteroatoms. The Morgan fingerprint density at radius 2 is 1.76 bits per heavy atom. The molecule has 0 atom stereocenters. The van der Waals surface area contributed by atoms with E-state index in [4.69, 9.17) is 15.9 Å². The van der Waals surface area contributed by atoms with E-state index in [1.807, 2.05) is 12.1 Å².